The maximum atomic E-state index is 12.3. The van der Waals surface area contributed by atoms with Crippen molar-refractivity contribution in [2.45, 2.75) is 32.7 Å². The number of hydrogen-bond acceptors (Lipinski definition) is 3. The second-order valence-corrected chi connectivity index (χ2v) is 6.29. The van der Waals surface area contributed by atoms with Gasteiger partial charge in [0.05, 0.1) is 6.04 Å². The van der Waals surface area contributed by atoms with Crippen molar-refractivity contribution in [3.05, 3.63) is 29.8 Å². The van der Waals surface area contributed by atoms with E-state index in [0.29, 0.717) is 10.9 Å². The third-order valence-corrected chi connectivity index (χ3v) is 4.29. The van der Waals surface area contributed by atoms with E-state index < -0.39 is 0 Å². The van der Waals surface area contributed by atoms with Crippen LogP contribution in [0.2, 0.25) is 0 Å². The van der Waals surface area contributed by atoms with Crippen LogP contribution in [0.1, 0.15) is 32.3 Å². The van der Waals surface area contributed by atoms with Crippen molar-refractivity contribution >= 4 is 28.8 Å². The van der Waals surface area contributed by atoms with E-state index in [-0.39, 0.29) is 11.9 Å². The molecule has 21 heavy (non-hydrogen) atoms. The number of nitrogens with one attached hydrogen (secondary N) is 1. The zero-order valence-corrected chi connectivity index (χ0v) is 13.5. The molecule has 0 saturated carbocycles. The van der Waals surface area contributed by atoms with Gasteiger partial charge in [-0.3, -0.25) is 9.69 Å². The summed E-state index contributed by atoms with van der Waals surface area (Å²) in [7, 11) is 0. The summed E-state index contributed by atoms with van der Waals surface area (Å²) in [6, 6.07) is 7.20. The molecular formula is C16H23N3OS. The van der Waals surface area contributed by atoms with Crippen LogP contribution in [0.15, 0.2) is 24.3 Å². The van der Waals surface area contributed by atoms with E-state index in [1.807, 2.05) is 31.2 Å². The normalized spacial score (nSPS) is 20.8. The van der Waals surface area contributed by atoms with Gasteiger partial charge in [0.1, 0.15) is 4.99 Å². The lowest BCUT2D eigenvalue weighted by Gasteiger charge is -2.34. The van der Waals surface area contributed by atoms with Crippen LogP contribution < -0.4 is 11.1 Å². The number of thiocarbonyl (C=S) groups is 1. The summed E-state index contributed by atoms with van der Waals surface area (Å²) in [5.41, 5.74) is 7.14. The fourth-order valence-corrected chi connectivity index (χ4v) is 2.84. The molecular weight excluding hydrogens is 282 g/mol. The fraction of sp³-hybridized carbons (Fsp3) is 0.500. The average Bonchev–Trinajstić information content (AvgIpc) is 2.47. The van der Waals surface area contributed by atoms with Crippen LogP contribution in [0.5, 0.6) is 0 Å². The molecule has 3 N–H and O–H groups in total. The van der Waals surface area contributed by atoms with Crippen molar-refractivity contribution in [2.24, 2.45) is 11.7 Å². The Bertz CT molecular complexity index is 515. The molecule has 1 amide bonds. The standard InChI is InChI=1S/C16H23N3OS/c1-11-4-3-9-19(10-11)12(2)16(20)18-14-7-5-13(6-8-14)15(17)21/h5-8,11-12H,3-4,9-10H2,1-2H3,(H2,17,21)(H,18,20). The summed E-state index contributed by atoms with van der Waals surface area (Å²) < 4.78 is 0. The third kappa shape index (κ3) is 4.25. The van der Waals surface area contributed by atoms with Crippen LogP contribution >= 0.6 is 12.2 Å². The number of piperidine rings is 1. The molecule has 5 heteroatoms. The summed E-state index contributed by atoms with van der Waals surface area (Å²) in [5, 5.41) is 2.96. The number of likely N-dealkylation sites (tertiary alicyclic amines) is 1. The van der Waals surface area contributed by atoms with E-state index >= 15 is 0 Å². The highest BCUT2D eigenvalue weighted by molar-refractivity contribution is 7.80. The van der Waals surface area contributed by atoms with E-state index in [9.17, 15) is 4.79 Å². The molecule has 2 unspecified atom stereocenters. The minimum Gasteiger partial charge on any atom is -0.389 e. The third-order valence-electron chi connectivity index (χ3n) is 4.05. The average molecular weight is 305 g/mol. The van der Waals surface area contributed by atoms with Gasteiger partial charge in [-0.25, -0.2) is 0 Å². The Balaban J connectivity index is 1.95. The summed E-state index contributed by atoms with van der Waals surface area (Å²) in [6.45, 7) is 6.20. The van der Waals surface area contributed by atoms with E-state index in [4.69, 9.17) is 18.0 Å². The molecule has 0 aromatic heterocycles. The highest BCUT2D eigenvalue weighted by Gasteiger charge is 2.25. The molecule has 4 nitrogen and oxygen atoms in total. The van der Waals surface area contributed by atoms with Crippen LogP contribution in [-0.4, -0.2) is 34.9 Å². The predicted molar refractivity (Wildman–Crippen MR) is 90.4 cm³/mol. The lowest BCUT2D eigenvalue weighted by atomic mass is 9.99. The number of anilines is 1. The largest absolute Gasteiger partial charge is 0.389 e. The summed E-state index contributed by atoms with van der Waals surface area (Å²) in [4.78, 5) is 15.0. The van der Waals surface area contributed by atoms with Gasteiger partial charge in [-0.1, -0.05) is 19.1 Å². The Kier molecular flexibility index (Phi) is 5.31. The fourth-order valence-electron chi connectivity index (χ4n) is 2.71. The molecule has 1 fully saturated rings. The van der Waals surface area contributed by atoms with Gasteiger partial charge in [-0.2, -0.15) is 0 Å². The number of benzene rings is 1. The minimum absolute atomic E-state index is 0.0344. The maximum Gasteiger partial charge on any atom is 0.241 e. The molecule has 0 aliphatic carbocycles. The van der Waals surface area contributed by atoms with Crippen LogP contribution in [0.3, 0.4) is 0 Å². The Morgan fingerprint density at radius 2 is 2.10 bits per heavy atom. The molecule has 0 spiro atoms. The monoisotopic (exact) mass is 305 g/mol. The first kappa shape index (κ1) is 15.9. The van der Waals surface area contributed by atoms with Crippen LogP contribution in [-0.2, 0) is 4.79 Å². The molecule has 0 bridgehead atoms. The number of amides is 1. The van der Waals surface area contributed by atoms with Crippen molar-refractivity contribution in [1.29, 1.82) is 0 Å². The van der Waals surface area contributed by atoms with Gasteiger partial charge in [0, 0.05) is 17.8 Å². The van der Waals surface area contributed by atoms with Gasteiger partial charge in [-0.15, -0.1) is 0 Å². The lowest BCUT2D eigenvalue weighted by molar-refractivity contribution is -0.121. The Hall–Kier alpha value is -1.46. The van der Waals surface area contributed by atoms with Gasteiger partial charge in [0.15, 0.2) is 0 Å². The molecule has 2 atom stereocenters. The number of hydrogen-bond donors (Lipinski definition) is 2. The van der Waals surface area contributed by atoms with Gasteiger partial charge in [0.25, 0.3) is 0 Å². The number of nitrogens with zero attached hydrogens (tertiary/aromatic N) is 1. The second-order valence-electron chi connectivity index (χ2n) is 5.85. The highest BCUT2D eigenvalue weighted by Crippen LogP contribution is 2.18. The SMILES string of the molecule is CC1CCCN(C(C)C(=O)Nc2ccc(C(N)=S)cc2)C1. The van der Waals surface area contributed by atoms with Gasteiger partial charge >= 0.3 is 0 Å². The molecule has 114 valence electrons. The first-order chi connectivity index (χ1) is 9.97. The Morgan fingerprint density at radius 1 is 1.43 bits per heavy atom. The second kappa shape index (κ2) is 7.00. The molecule has 1 saturated heterocycles. The zero-order valence-electron chi connectivity index (χ0n) is 12.6. The first-order valence-electron chi connectivity index (χ1n) is 7.42. The van der Waals surface area contributed by atoms with Gasteiger partial charge in [0.2, 0.25) is 5.91 Å². The molecule has 0 radical (unpaired) electrons. The molecule has 1 aliphatic rings. The van der Waals surface area contributed by atoms with Crippen molar-refractivity contribution in [2.75, 3.05) is 18.4 Å². The topological polar surface area (TPSA) is 58.4 Å². The Morgan fingerprint density at radius 3 is 2.67 bits per heavy atom. The predicted octanol–water partition coefficient (Wildman–Crippen LogP) is 2.38. The summed E-state index contributed by atoms with van der Waals surface area (Å²) in [5.74, 6) is 0.700. The van der Waals surface area contributed by atoms with E-state index in [0.717, 1.165) is 24.3 Å². The maximum absolute atomic E-state index is 12.3. The number of carbonyl (C=O) groups is 1. The number of nitrogens with two attached hydrogens (primary N) is 1. The smallest absolute Gasteiger partial charge is 0.241 e. The molecule has 1 heterocycles. The molecule has 1 aromatic rings. The number of rotatable bonds is 4. The number of carbonyl (C=O) groups excluding carboxylic acids is 1. The van der Waals surface area contributed by atoms with E-state index in [1.165, 1.54) is 12.8 Å². The van der Waals surface area contributed by atoms with Crippen molar-refractivity contribution in [3.8, 4) is 0 Å². The zero-order chi connectivity index (χ0) is 15.4. The van der Waals surface area contributed by atoms with Crippen LogP contribution in [0, 0.1) is 5.92 Å². The first-order valence-corrected chi connectivity index (χ1v) is 7.83. The summed E-state index contributed by atoms with van der Waals surface area (Å²) >= 11 is 4.91. The van der Waals surface area contributed by atoms with Gasteiger partial charge in [-0.05, 0) is 56.5 Å². The van der Waals surface area contributed by atoms with Crippen LogP contribution in [0.25, 0.3) is 0 Å². The van der Waals surface area contributed by atoms with Crippen LogP contribution in [0.4, 0.5) is 5.69 Å². The van der Waals surface area contributed by atoms with E-state index in [2.05, 4.69) is 17.1 Å². The lowest BCUT2D eigenvalue weighted by Crippen LogP contribution is -2.46. The van der Waals surface area contributed by atoms with Crippen molar-refractivity contribution in [1.82, 2.24) is 4.90 Å². The summed E-state index contributed by atoms with van der Waals surface area (Å²) in [6.07, 6.45) is 2.42. The van der Waals surface area contributed by atoms with Crippen molar-refractivity contribution < 1.29 is 4.79 Å². The minimum atomic E-state index is -0.108. The molecule has 1 aromatic carbocycles. The highest BCUT2D eigenvalue weighted by atomic mass is 32.1. The quantitative estimate of drug-likeness (QED) is 0.839. The van der Waals surface area contributed by atoms with Crippen molar-refractivity contribution in [3.63, 3.8) is 0 Å². The molecule has 1 aliphatic heterocycles. The Labute approximate surface area is 131 Å². The molecule has 2 rings (SSSR count). The van der Waals surface area contributed by atoms with E-state index in [1.54, 1.807) is 0 Å². The van der Waals surface area contributed by atoms with Gasteiger partial charge < -0.3 is 11.1 Å².